The van der Waals surface area contributed by atoms with Crippen molar-refractivity contribution in [3.63, 3.8) is 0 Å². The van der Waals surface area contributed by atoms with E-state index in [0.29, 0.717) is 12.0 Å². The number of carboxylic acids is 1. The highest BCUT2D eigenvalue weighted by molar-refractivity contribution is 5.98. The molecule has 0 unspecified atom stereocenters. The first-order valence-electron chi connectivity index (χ1n) is 26.2. The molecule has 2 aromatic rings. The third-order valence-electron chi connectivity index (χ3n) is 13.2. The van der Waals surface area contributed by atoms with E-state index in [1.54, 1.807) is 44.2 Å². The molecule has 0 aliphatic carbocycles. The lowest BCUT2D eigenvalue weighted by atomic mass is 9.95. The van der Waals surface area contributed by atoms with E-state index < -0.39 is 177 Å². The maximum absolute atomic E-state index is 14.4. The molecule has 0 saturated carbocycles. The summed E-state index contributed by atoms with van der Waals surface area (Å²) in [4.78, 5) is 148. The van der Waals surface area contributed by atoms with Crippen LogP contribution in [0.5, 0.6) is 5.75 Å². The van der Waals surface area contributed by atoms with Gasteiger partial charge in [-0.3, -0.25) is 47.9 Å². The average molecular weight is 1140 g/mol. The Morgan fingerprint density at radius 2 is 1.27 bits per heavy atom. The SMILES string of the molecule is CC(=O)N[C@@H]1[C@@H](O)[C@H](O)[C@@H](CO)O[C@H]1NC(=O)C[C@H](NC(=O)CNC(=O)[C@@H]1CCCN1C(=O)[C@H](C)NC(=O)[C@@H](N)Cc1ccccc1)C(=O)N[C@@H](Cc1ccc(O)cc1)C(=O)N[C@@H](CO)C(=O)N[C@@H](C)C(=O)N[C@@H](CC(C)C)C(=O)O. The number of amides is 10. The van der Waals surface area contributed by atoms with Gasteiger partial charge >= 0.3 is 5.97 Å². The van der Waals surface area contributed by atoms with Gasteiger partial charge in [0.05, 0.1) is 32.2 Å². The number of ether oxygens (including phenoxy) is 1. The van der Waals surface area contributed by atoms with E-state index in [9.17, 15) is 83.4 Å². The second kappa shape index (κ2) is 31.2. The zero-order valence-corrected chi connectivity index (χ0v) is 45.5. The number of hydrogen-bond acceptors (Lipinski definition) is 18. The van der Waals surface area contributed by atoms with Crippen molar-refractivity contribution in [2.24, 2.45) is 11.7 Å². The Hall–Kier alpha value is -7.83. The monoisotopic (exact) mass is 1140 g/mol. The normalized spacial score (nSPS) is 21.2. The first-order chi connectivity index (χ1) is 38.2. The first kappa shape index (κ1) is 65.7. The molecule has 2 aliphatic rings. The summed E-state index contributed by atoms with van der Waals surface area (Å²) in [7, 11) is 0. The van der Waals surface area contributed by atoms with Crippen molar-refractivity contribution in [1.82, 2.24) is 52.8 Å². The van der Waals surface area contributed by atoms with Crippen LogP contribution in [0.4, 0.5) is 0 Å². The van der Waals surface area contributed by atoms with Crippen LogP contribution in [0.25, 0.3) is 0 Å². The number of nitrogens with zero attached hydrogens (tertiary/aromatic N) is 1. The molecule has 2 aliphatic heterocycles. The third kappa shape index (κ3) is 20.0. The van der Waals surface area contributed by atoms with Crippen molar-refractivity contribution in [3.8, 4) is 5.75 Å². The molecule has 0 bridgehead atoms. The molecule has 0 radical (unpaired) electrons. The van der Waals surface area contributed by atoms with Crippen molar-refractivity contribution >= 4 is 65.0 Å². The number of carbonyl (C=O) groups is 11. The molecule has 0 spiro atoms. The number of hydrogen-bond donors (Lipinski definition) is 16. The summed E-state index contributed by atoms with van der Waals surface area (Å²) in [6.45, 7) is 4.50. The van der Waals surface area contributed by atoms with Crippen LogP contribution in [0.1, 0.15) is 71.4 Å². The number of phenolic OH excluding ortho intramolecular Hbond substituents is 1. The smallest absolute Gasteiger partial charge is 0.326 e. The van der Waals surface area contributed by atoms with Crippen molar-refractivity contribution < 1.29 is 88.1 Å². The van der Waals surface area contributed by atoms with Crippen LogP contribution in [0, 0.1) is 5.92 Å². The van der Waals surface area contributed by atoms with E-state index in [1.165, 1.54) is 43.0 Å². The Bertz CT molecular complexity index is 2540. The number of phenols is 1. The summed E-state index contributed by atoms with van der Waals surface area (Å²) in [6, 6.07) is 1.26. The number of aliphatic hydroxyl groups is 4. The first-order valence-corrected chi connectivity index (χ1v) is 26.2. The number of aromatic hydroxyl groups is 1. The average Bonchev–Trinajstić information content (AvgIpc) is 3.92. The molecule has 10 amide bonds. The minimum absolute atomic E-state index is 0.0601. The van der Waals surface area contributed by atoms with Crippen molar-refractivity contribution in [1.29, 1.82) is 0 Å². The topological polar surface area (TPSA) is 456 Å². The van der Waals surface area contributed by atoms with Gasteiger partial charge in [-0.2, -0.15) is 0 Å². The van der Waals surface area contributed by atoms with Gasteiger partial charge in [-0.05, 0) is 68.7 Å². The van der Waals surface area contributed by atoms with Crippen LogP contribution in [0.15, 0.2) is 54.6 Å². The number of carbonyl (C=O) groups excluding carboxylic acids is 10. The molecule has 446 valence electrons. The molecule has 29 heteroatoms. The van der Waals surface area contributed by atoms with Gasteiger partial charge in [-0.15, -0.1) is 0 Å². The molecule has 2 heterocycles. The predicted molar refractivity (Wildman–Crippen MR) is 283 cm³/mol. The Kier molecular flexibility index (Phi) is 25.3. The van der Waals surface area contributed by atoms with Gasteiger partial charge in [0.25, 0.3) is 0 Å². The largest absolute Gasteiger partial charge is 0.508 e. The Balaban J connectivity index is 1.55. The van der Waals surface area contributed by atoms with Crippen LogP contribution >= 0.6 is 0 Å². The van der Waals surface area contributed by atoms with Gasteiger partial charge in [-0.25, -0.2) is 4.79 Å². The predicted octanol–water partition coefficient (Wildman–Crippen LogP) is -5.87. The summed E-state index contributed by atoms with van der Waals surface area (Å²) < 4.78 is 5.58. The highest BCUT2D eigenvalue weighted by Crippen LogP contribution is 2.22. The van der Waals surface area contributed by atoms with E-state index >= 15 is 0 Å². The Morgan fingerprint density at radius 3 is 1.88 bits per heavy atom. The van der Waals surface area contributed by atoms with Crippen molar-refractivity contribution in [3.05, 3.63) is 65.7 Å². The number of nitrogens with two attached hydrogens (primary N) is 1. The number of benzene rings is 2. The van der Waals surface area contributed by atoms with Gasteiger partial charge < -0.3 is 93.9 Å². The van der Waals surface area contributed by atoms with E-state index in [2.05, 4.69) is 47.9 Å². The number of carboxylic acid groups (broad SMARTS) is 1. The zero-order valence-electron chi connectivity index (χ0n) is 45.5. The van der Waals surface area contributed by atoms with Crippen LogP contribution in [0.3, 0.4) is 0 Å². The summed E-state index contributed by atoms with van der Waals surface area (Å²) in [6.07, 6.45) is -7.37. The third-order valence-corrected chi connectivity index (χ3v) is 13.2. The van der Waals surface area contributed by atoms with Crippen molar-refractivity contribution in [2.45, 2.75) is 152 Å². The lowest BCUT2D eigenvalue weighted by molar-refractivity contribution is -0.203. The molecular formula is C52H75N11O18. The molecule has 2 fully saturated rings. The summed E-state index contributed by atoms with van der Waals surface area (Å²) >= 11 is 0. The molecule has 2 aromatic carbocycles. The van der Waals surface area contributed by atoms with Crippen LogP contribution in [-0.4, -0.2) is 206 Å². The molecule has 81 heavy (non-hydrogen) atoms. The van der Waals surface area contributed by atoms with Gasteiger partial charge in [0, 0.05) is 19.9 Å². The lowest BCUT2D eigenvalue weighted by Gasteiger charge is -2.42. The fraction of sp³-hybridized carbons (Fsp3) is 0.558. The molecular weight excluding hydrogens is 1070 g/mol. The second-order valence-corrected chi connectivity index (χ2v) is 20.2. The van der Waals surface area contributed by atoms with E-state index in [-0.39, 0.29) is 37.5 Å². The quantitative estimate of drug-likeness (QED) is 0.0377. The second-order valence-electron chi connectivity index (χ2n) is 20.2. The number of nitrogens with one attached hydrogen (secondary N) is 9. The van der Waals surface area contributed by atoms with E-state index in [0.717, 1.165) is 12.5 Å². The molecule has 29 nitrogen and oxygen atoms in total. The molecule has 0 aromatic heterocycles. The Morgan fingerprint density at radius 1 is 0.679 bits per heavy atom. The standard InChI is InChI=1S/C52H75N11O18/c1-25(2)18-35(52(79)80)60-44(72)26(3)55-48(76)36(23-64)61-46(74)33(20-30-13-15-31(67)16-14-30)59-47(75)34(21-39(68)62-50-41(57-28(5)66)43(71)42(70)38(24-65)81-50)58-40(69)22-54-49(77)37-12-9-17-63(37)51(78)27(4)56-45(73)32(53)19-29-10-7-6-8-11-29/h6-8,10-11,13-16,25-27,32-38,41-43,50,64-65,67,70-71H,9,12,17-24,53H2,1-5H3,(H,54,77)(H,55,76)(H,56,73)(H,57,66)(H,58,69)(H,59,75)(H,60,72)(H,61,74)(H,62,68)(H,79,80)/t26-,27-,32-,33-,34-,35-,36-,37-,38+,41+,42+,43+,50+/m0/s1. The molecule has 13 atom stereocenters. The van der Waals surface area contributed by atoms with Crippen molar-refractivity contribution in [2.75, 3.05) is 26.3 Å². The van der Waals surface area contributed by atoms with Gasteiger partial charge in [0.2, 0.25) is 59.1 Å². The number of rotatable bonds is 28. The summed E-state index contributed by atoms with van der Waals surface area (Å²) in [5.41, 5.74) is 7.19. The highest BCUT2D eigenvalue weighted by Gasteiger charge is 2.46. The number of aliphatic carboxylic acids is 1. The molecule has 4 rings (SSSR count). The van der Waals surface area contributed by atoms with Crippen LogP contribution in [0.2, 0.25) is 0 Å². The minimum atomic E-state index is -1.97. The Labute approximate surface area is 466 Å². The van der Waals surface area contributed by atoms with Gasteiger partial charge in [0.1, 0.15) is 72.4 Å². The zero-order chi connectivity index (χ0) is 60.2. The van der Waals surface area contributed by atoms with Crippen LogP contribution < -0.4 is 53.6 Å². The number of likely N-dealkylation sites (tertiary alicyclic amines) is 1. The highest BCUT2D eigenvalue weighted by atomic mass is 16.5. The lowest BCUT2D eigenvalue weighted by Crippen LogP contribution is -2.68. The van der Waals surface area contributed by atoms with Crippen LogP contribution in [-0.2, 0) is 70.3 Å². The van der Waals surface area contributed by atoms with E-state index in [1.807, 2.05) is 0 Å². The van der Waals surface area contributed by atoms with Gasteiger partial charge in [-0.1, -0.05) is 56.3 Å². The molecule has 2 saturated heterocycles. The van der Waals surface area contributed by atoms with Gasteiger partial charge in [0.15, 0.2) is 6.23 Å². The maximum Gasteiger partial charge on any atom is 0.326 e. The fourth-order valence-corrected chi connectivity index (χ4v) is 8.86. The maximum atomic E-state index is 14.4. The molecule has 17 N–H and O–H groups in total. The summed E-state index contributed by atoms with van der Waals surface area (Å²) in [5, 5.41) is 82.2. The fourth-order valence-electron chi connectivity index (χ4n) is 8.86. The number of aliphatic hydroxyl groups excluding tert-OH is 4. The minimum Gasteiger partial charge on any atom is -0.508 e. The summed E-state index contributed by atoms with van der Waals surface area (Å²) in [5.74, 6) is -11.1. The van der Waals surface area contributed by atoms with E-state index in [4.69, 9.17) is 10.5 Å².